The van der Waals surface area contributed by atoms with Gasteiger partial charge in [-0.25, -0.2) is 9.97 Å². The molecule has 6 rings (SSSR count). The number of aryl methyl sites for hydroxylation is 3. The number of amides is 1. The number of anilines is 4. The van der Waals surface area contributed by atoms with Crippen molar-refractivity contribution >= 4 is 28.9 Å². The van der Waals surface area contributed by atoms with Gasteiger partial charge in [-0.05, 0) is 75.9 Å². The monoisotopic (exact) mass is 595 g/mol. The number of piperidine rings is 1. The molecule has 4 aromatic rings. The Morgan fingerprint density at radius 3 is 2.52 bits per heavy atom. The second-order valence-electron chi connectivity index (χ2n) is 11.7. The Bertz CT molecular complexity index is 1630. The Hall–Kier alpha value is -4.44. The Morgan fingerprint density at radius 1 is 1.09 bits per heavy atom. The molecule has 1 aliphatic heterocycles. The molecule has 1 aliphatic carbocycles. The maximum atomic E-state index is 13.5. The zero-order valence-corrected chi connectivity index (χ0v) is 26.2. The highest BCUT2D eigenvalue weighted by atomic mass is 16.5. The summed E-state index contributed by atoms with van der Waals surface area (Å²) in [7, 11) is 5.98. The minimum Gasteiger partial charge on any atom is -0.494 e. The summed E-state index contributed by atoms with van der Waals surface area (Å²) in [6.07, 6.45) is 7.05. The molecule has 0 bridgehead atoms. The van der Waals surface area contributed by atoms with Gasteiger partial charge in [0.25, 0.3) is 5.91 Å². The molecule has 2 aromatic carbocycles. The summed E-state index contributed by atoms with van der Waals surface area (Å²) in [6.45, 7) is 6.20. The maximum Gasteiger partial charge on any atom is 0.278 e. The molecule has 2 aromatic heterocycles. The first-order valence-electron chi connectivity index (χ1n) is 15.5. The lowest BCUT2D eigenvalue weighted by Crippen LogP contribution is -2.41. The summed E-state index contributed by atoms with van der Waals surface area (Å²) < 4.78 is 11.5. The fourth-order valence-corrected chi connectivity index (χ4v) is 6.33. The lowest BCUT2D eigenvalue weighted by molar-refractivity contribution is 0.101. The average Bonchev–Trinajstić information content (AvgIpc) is 3.50. The van der Waals surface area contributed by atoms with Crippen LogP contribution in [0.2, 0.25) is 0 Å². The molecular weight excluding hydrogens is 554 g/mol. The van der Waals surface area contributed by atoms with Crippen molar-refractivity contribution in [1.29, 1.82) is 0 Å². The normalized spacial score (nSPS) is 14.7. The van der Waals surface area contributed by atoms with Crippen LogP contribution in [0.4, 0.5) is 23.0 Å². The molecular formula is C34H41N7O3. The highest BCUT2D eigenvalue weighted by Gasteiger charge is 2.30. The zero-order chi connectivity index (χ0) is 30.8. The lowest BCUT2D eigenvalue weighted by atomic mass is 9.93. The van der Waals surface area contributed by atoms with E-state index in [-0.39, 0.29) is 5.91 Å². The van der Waals surface area contributed by atoms with E-state index in [1.807, 2.05) is 30.5 Å². The van der Waals surface area contributed by atoms with E-state index in [4.69, 9.17) is 14.2 Å². The number of carbonyl (C=O) groups is 1. The number of aromatic nitrogens is 3. The highest BCUT2D eigenvalue weighted by molar-refractivity contribution is 6.05. The van der Waals surface area contributed by atoms with Gasteiger partial charge in [0.15, 0.2) is 11.5 Å². The van der Waals surface area contributed by atoms with Gasteiger partial charge in [-0.3, -0.25) is 4.79 Å². The van der Waals surface area contributed by atoms with Gasteiger partial charge in [0, 0.05) is 53.9 Å². The molecule has 0 atom stereocenters. The molecule has 1 fully saturated rings. The first-order valence-corrected chi connectivity index (χ1v) is 15.5. The average molecular weight is 596 g/mol. The minimum atomic E-state index is -0.266. The van der Waals surface area contributed by atoms with Crippen LogP contribution in [0.1, 0.15) is 59.4 Å². The Morgan fingerprint density at radius 2 is 1.84 bits per heavy atom. The number of ether oxygens (including phenoxy) is 1. The number of methoxy groups -OCH3 is 1. The number of hydrogen-bond acceptors (Lipinski definition) is 9. The molecule has 10 nitrogen and oxygen atoms in total. The van der Waals surface area contributed by atoms with Crippen LogP contribution >= 0.6 is 0 Å². The quantitative estimate of drug-likeness (QED) is 0.245. The molecule has 0 spiro atoms. The number of nitrogens with zero attached hydrogens (tertiary/aromatic N) is 5. The highest BCUT2D eigenvalue weighted by Crippen LogP contribution is 2.37. The van der Waals surface area contributed by atoms with E-state index in [0.29, 0.717) is 42.0 Å². The van der Waals surface area contributed by atoms with Gasteiger partial charge in [0.2, 0.25) is 5.95 Å². The van der Waals surface area contributed by atoms with E-state index in [2.05, 4.69) is 70.6 Å². The van der Waals surface area contributed by atoms with Crippen molar-refractivity contribution in [2.45, 2.75) is 58.4 Å². The number of rotatable bonds is 9. The van der Waals surface area contributed by atoms with Gasteiger partial charge in [0.05, 0.1) is 12.8 Å². The van der Waals surface area contributed by atoms with Gasteiger partial charge in [-0.15, -0.1) is 0 Å². The maximum absolute atomic E-state index is 13.5. The molecule has 2 aliphatic rings. The standard InChI is InChI=1S/C34H41N7O3/c1-6-21-9-8-10-22(7-2)29(21)37-33(42)31-26-13-11-23-20-35-34(38-30(23)32(26)44-39-31)36-27-14-12-25(19-28(27)43-5)41-17-15-24(16-18-41)40(3)4/h8-10,12,14,19-20,24H,6-7,11,13,15-18H2,1-5H3,(H,37,42)(H,35,36,38). The minimum absolute atomic E-state index is 0.266. The van der Waals surface area contributed by atoms with Crippen LogP contribution in [0.15, 0.2) is 47.1 Å². The van der Waals surface area contributed by atoms with E-state index >= 15 is 0 Å². The zero-order valence-electron chi connectivity index (χ0n) is 26.2. The van der Waals surface area contributed by atoms with Crippen molar-refractivity contribution < 1.29 is 14.1 Å². The van der Waals surface area contributed by atoms with Gasteiger partial charge in [-0.1, -0.05) is 37.2 Å². The molecule has 0 radical (unpaired) electrons. The fourth-order valence-electron chi connectivity index (χ4n) is 6.33. The number of fused-ring (bicyclic) bond motifs is 3. The topological polar surface area (TPSA) is 109 Å². The summed E-state index contributed by atoms with van der Waals surface area (Å²) in [5.41, 5.74) is 7.65. The van der Waals surface area contributed by atoms with Crippen molar-refractivity contribution in [3.63, 3.8) is 0 Å². The largest absolute Gasteiger partial charge is 0.494 e. The Kier molecular flexibility index (Phi) is 8.52. The molecule has 44 heavy (non-hydrogen) atoms. The third-order valence-electron chi connectivity index (χ3n) is 8.96. The number of nitrogens with one attached hydrogen (secondary N) is 2. The third kappa shape index (κ3) is 5.74. The van der Waals surface area contributed by atoms with E-state index in [9.17, 15) is 4.79 Å². The number of hydrogen-bond donors (Lipinski definition) is 2. The van der Waals surface area contributed by atoms with Crippen molar-refractivity contribution in [3.05, 3.63) is 70.5 Å². The van der Waals surface area contributed by atoms with Crippen molar-refractivity contribution in [1.82, 2.24) is 20.0 Å². The van der Waals surface area contributed by atoms with Crippen molar-refractivity contribution in [2.75, 3.05) is 49.8 Å². The first kappa shape index (κ1) is 29.6. The first-order chi connectivity index (χ1) is 21.4. The molecule has 2 N–H and O–H groups in total. The fraction of sp³-hybridized carbons (Fsp3) is 0.412. The summed E-state index contributed by atoms with van der Waals surface area (Å²) in [5, 5.41) is 10.7. The van der Waals surface area contributed by atoms with Crippen LogP contribution in [-0.4, -0.2) is 66.3 Å². The van der Waals surface area contributed by atoms with Crippen molar-refractivity contribution in [2.24, 2.45) is 0 Å². The molecule has 3 heterocycles. The summed E-state index contributed by atoms with van der Waals surface area (Å²) in [4.78, 5) is 27.6. The lowest BCUT2D eigenvalue weighted by Gasteiger charge is -2.36. The van der Waals surface area contributed by atoms with Crippen molar-refractivity contribution in [3.8, 4) is 17.2 Å². The summed E-state index contributed by atoms with van der Waals surface area (Å²) in [5.74, 6) is 1.39. The predicted molar refractivity (Wildman–Crippen MR) is 173 cm³/mol. The Balaban J connectivity index is 1.22. The van der Waals surface area contributed by atoms with E-state index in [1.54, 1.807) is 7.11 Å². The SMILES string of the molecule is CCc1cccc(CC)c1NC(=O)c1noc2c1CCc1cnc(Nc3ccc(N4CCC(N(C)C)CC4)cc3OC)nc1-2. The van der Waals surface area contributed by atoms with E-state index in [0.717, 1.165) is 83.8 Å². The van der Waals surface area contributed by atoms with Crippen LogP contribution in [0.5, 0.6) is 5.75 Å². The van der Waals surface area contributed by atoms with Crippen LogP contribution in [0.3, 0.4) is 0 Å². The molecule has 0 saturated carbocycles. The molecule has 10 heteroatoms. The van der Waals surface area contributed by atoms with Gasteiger partial charge in [-0.2, -0.15) is 0 Å². The summed E-state index contributed by atoms with van der Waals surface area (Å²) in [6, 6.07) is 12.9. The second-order valence-corrected chi connectivity index (χ2v) is 11.7. The third-order valence-corrected chi connectivity index (χ3v) is 8.96. The van der Waals surface area contributed by atoms with E-state index in [1.165, 1.54) is 0 Å². The second kappa shape index (κ2) is 12.7. The van der Waals surface area contributed by atoms with E-state index < -0.39 is 0 Å². The molecule has 1 amide bonds. The van der Waals surface area contributed by atoms with Crippen LogP contribution in [0.25, 0.3) is 11.5 Å². The van der Waals surface area contributed by atoms with Gasteiger partial charge < -0.3 is 29.7 Å². The number of para-hydroxylation sites is 1. The number of carbonyl (C=O) groups excluding carboxylic acids is 1. The van der Waals surface area contributed by atoms with Crippen LogP contribution in [0, 0.1) is 0 Å². The van der Waals surface area contributed by atoms with Crippen LogP contribution < -0.4 is 20.3 Å². The molecule has 1 saturated heterocycles. The van der Waals surface area contributed by atoms with Crippen LogP contribution in [-0.2, 0) is 25.7 Å². The smallest absolute Gasteiger partial charge is 0.278 e. The van der Waals surface area contributed by atoms with Gasteiger partial charge >= 0.3 is 0 Å². The van der Waals surface area contributed by atoms with Gasteiger partial charge in [0.1, 0.15) is 11.4 Å². The Labute approximate surface area is 258 Å². The molecule has 0 unspecified atom stereocenters. The summed E-state index contributed by atoms with van der Waals surface area (Å²) >= 11 is 0. The predicted octanol–water partition coefficient (Wildman–Crippen LogP) is 5.89. The number of benzene rings is 2. The molecule has 230 valence electrons.